The van der Waals surface area contributed by atoms with E-state index in [-0.39, 0.29) is 0 Å². The highest BCUT2D eigenvalue weighted by atomic mass is 16.5. The van der Waals surface area contributed by atoms with Crippen LogP contribution >= 0.6 is 0 Å². The summed E-state index contributed by atoms with van der Waals surface area (Å²) in [4.78, 5) is 8.01. The molecule has 1 aliphatic carbocycles. The molecule has 1 aromatic rings. The van der Waals surface area contributed by atoms with Gasteiger partial charge in [0.15, 0.2) is 11.6 Å². The number of methoxy groups -OCH3 is 1. The molecule has 0 aliphatic heterocycles. The van der Waals surface area contributed by atoms with Gasteiger partial charge >= 0.3 is 0 Å². The van der Waals surface area contributed by atoms with Crippen LogP contribution in [0.5, 0.6) is 5.75 Å². The van der Waals surface area contributed by atoms with Crippen LogP contribution in [0.1, 0.15) is 20.3 Å². The van der Waals surface area contributed by atoms with Gasteiger partial charge in [0.1, 0.15) is 6.33 Å². The Balaban J connectivity index is 2.02. The minimum absolute atomic E-state index is 0.370. The van der Waals surface area contributed by atoms with Crippen molar-refractivity contribution in [3.8, 4) is 5.75 Å². The molecular weight excluding hydrogens is 204 g/mol. The molecule has 0 aromatic carbocycles. The maximum atomic E-state index is 5.69. The lowest BCUT2D eigenvalue weighted by Gasteiger charge is -2.11. The van der Waals surface area contributed by atoms with E-state index in [9.17, 15) is 0 Å². The van der Waals surface area contributed by atoms with Crippen LogP contribution in [0.3, 0.4) is 0 Å². The fourth-order valence-corrected chi connectivity index (χ4v) is 1.86. The molecule has 1 saturated carbocycles. The van der Waals surface area contributed by atoms with E-state index in [4.69, 9.17) is 10.5 Å². The fraction of sp³-hybridized carbons (Fsp3) is 0.636. The Morgan fingerprint density at radius 1 is 1.56 bits per heavy atom. The van der Waals surface area contributed by atoms with Gasteiger partial charge in [-0.1, -0.05) is 13.8 Å². The normalized spacial score (nSPS) is 21.6. The van der Waals surface area contributed by atoms with Crippen LogP contribution in [-0.2, 0) is 0 Å². The number of ether oxygens (including phenoxy) is 1. The van der Waals surface area contributed by atoms with E-state index < -0.39 is 0 Å². The number of hydrogen-bond acceptors (Lipinski definition) is 5. The molecule has 1 aliphatic rings. The van der Waals surface area contributed by atoms with E-state index in [1.807, 2.05) is 0 Å². The Bertz CT molecular complexity index is 392. The minimum Gasteiger partial charge on any atom is -0.490 e. The van der Waals surface area contributed by atoms with Crippen LogP contribution < -0.4 is 15.8 Å². The minimum atomic E-state index is 0.370. The van der Waals surface area contributed by atoms with Crippen LogP contribution in [0.2, 0.25) is 0 Å². The Morgan fingerprint density at radius 3 is 2.81 bits per heavy atom. The average Bonchev–Trinajstić information content (AvgIpc) is 2.83. The molecule has 88 valence electrons. The zero-order valence-electron chi connectivity index (χ0n) is 9.95. The zero-order chi connectivity index (χ0) is 11.8. The monoisotopic (exact) mass is 222 g/mol. The fourth-order valence-electron chi connectivity index (χ4n) is 1.86. The van der Waals surface area contributed by atoms with Crippen molar-refractivity contribution in [2.75, 3.05) is 24.7 Å². The number of rotatable bonds is 4. The molecule has 16 heavy (non-hydrogen) atoms. The van der Waals surface area contributed by atoms with Gasteiger partial charge in [-0.05, 0) is 17.8 Å². The second-order valence-electron chi connectivity index (χ2n) is 4.91. The third-order valence-electron chi connectivity index (χ3n) is 3.27. The number of nitrogens with two attached hydrogens (primary N) is 1. The van der Waals surface area contributed by atoms with E-state index in [2.05, 4.69) is 29.1 Å². The van der Waals surface area contributed by atoms with E-state index in [0.29, 0.717) is 28.7 Å². The first-order valence-corrected chi connectivity index (χ1v) is 5.43. The summed E-state index contributed by atoms with van der Waals surface area (Å²) < 4.78 is 5.17. The summed E-state index contributed by atoms with van der Waals surface area (Å²) >= 11 is 0. The lowest BCUT2D eigenvalue weighted by atomic mass is 10.1. The van der Waals surface area contributed by atoms with Crippen molar-refractivity contribution in [2.24, 2.45) is 11.3 Å². The van der Waals surface area contributed by atoms with Crippen molar-refractivity contribution >= 4 is 11.6 Å². The summed E-state index contributed by atoms with van der Waals surface area (Å²) in [7, 11) is 1.57. The third kappa shape index (κ3) is 2.03. The van der Waals surface area contributed by atoms with Gasteiger partial charge < -0.3 is 15.8 Å². The van der Waals surface area contributed by atoms with Gasteiger partial charge in [-0.15, -0.1) is 0 Å². The summed E-state index contributed by atoms with van der Waals surface area (Å²) in [5, 5.41) is 3.27. The van der Waals surface area contributed by atoms with Crippen LogP contribution in [0, 0.1) is 11.3 Å². The number of hydrogen-bond donors (Lipinski definition) is 2. The zero-order valence-corrected chi connectivity index (χ0v) is 9.95. The molecule has 5 nitrogen and oxygen atoms in total. The molecule has 0 bridgehead atoms. The quantitative estimate of drug-likeness (QED) is 0.808. The molecule has 1 heterocycles. The molecule has 1 atom stereocenters. The Hall–Kier alpha value is -1.52. The Kier molecular flexibility index (Phi) is 2.61. The van der Waals surface area contributed by atoms with Gasteiger partial charge in [0.05, 0.1) is 7.11 Å². The van der Waals surface area contributed by atoms with Crippen molar-refractivity contribution in [2.45, 2.75) is 20.3 Å². The largest absolute Gasteiger partial charge is 0.490 e. The first-order valence-electron chi connectivity index (χ1n) is 5.43. The van der Waals surface area contributed by atoms with E-state index in [1.165, 1.54) is 12.7 Å². The summed E-state index contributed by atoms with van der Waals surface area (Å²) in [5.74, 6) is 2.28. The molecule has 1 aromatic heterocycles. The second-order valence-corrected chi connectivity index (χ2v) is 4.91. The molecule has 0 spiro atoms. The number of nitrogens with zero attached hydrogens (tertiary/aromatic N) is 2. The smallest absolute Gasteiger partial charge is 0.203 e. The topological polar surface area (TPSA) is 73.1 Å². The van der Waals surface area contributed by atoms with E-state index in [1.54, 1.807) is 7.11 Å². The van der Waals surface area contributed by atoms with Crippen molar-refractivity contribution in [3.05, 3.63) is 6.33 Å². The number of nitrogen functional groups attached to an aromatic ring is 1. The van der Waals surface area contributed by atoms with E-state index in [0.717, 1.165) is 6.54 Å². The van der Waals surface area contributed by atoms with Crippen molar-refractivity contribution in [1.29, 1.82) is 0 Å². The standard InChI is InChI=1S/C11H18N4O/c1-11(2)4-7(11)5-13-10-8(16-3)9(12)14-6-15-10/h6-7H,4-5H2,1-3H3,(H3,12,13,14,15). The highest BCUT2D eigenvalue weighted by Crippen LogP contribution is 2.51. The van der Waals surface area contributed by atoms with Gasteiger partial charge in [-0.25, -0.2) is 9.97 Å². The predicted molar refractivity (Wildman–Crippen MR) is 63.4 cm³/mol. The van der Waals surface area contributed by atoms with Crippen molar-refractivity contribution in [1.82, 2.24) is 9.97 Å². The summed E-state index contributed by atoms with van der Waals surface area (Å²) in [6.07, 6.45) is 2.70. The van der Waals surface area contributed by atoms with Crippen molar-refractivity contribution in [3.63, 3.8) is 0 Å². The maximum Gasteiger partial charge on any atom is 0.203 e. The average molecular weight is 222 g/mol. The molecule has 2 rings (SSSR count). The predicted octanol–water partition coefficient (Wildman–Crippen LogP) is 1.53. The summed E-state index contributed by atoms with van der Waals surface area (Å²) in [6, 6.07) is 0. The number of anilines is 2. The molecule has 0 amide bonds. The molecule has 3 N–H and O–H groups in total. The van der Waals surface area contributed by atoms with Crippen LogP contribution in [0.15, 0.2) is 6.33 Å². The third-order valence-corrected chi connectivity index (χ3v) is 3.27. The first kappa shape index (κ1) is 11.0. The van der Waals surface area contributed by atoms with Crippen LogP contribution in [-0.4, -0.2) is 23.6 Å². The highest BCUT2D eigenvalue weighted by Gasteiger charge is 2.45. The second kappa shape index (κ2) is 3.81. The number of nitrogens with one attached hydrogen (secondary N) is 1. The van der Waals surface area contributed by atoms with Gasteiger partial charge in [0.25, 0.3) is 0 Å². The molecule has 0 radical (unpaired) electrons. The lowest BCUT2D eigenvalue weighted by molar-refractivity contribution is 0.415. The number of aromatic nitrogens is 2. The van der Waals surface area contributed by atoms with E-state index >= 15 is 0 Å². The van der Waals surface area contributed by atoms with Crippen LogP contribution in [0.25, 0.3) is 0 Å². The molecule has 1 fully saturated rings. The van der Waals surface area contributed by atoms with Gasteiger partial charge in [-0.3, -0.25) is 0 Å². The maximum absolute atomic E-state index is 5.69. The van der Waals surface area contributed by atoms with Gasteiger partial charge in [0, 0.05) is 6.54 Å². The highest BCUT2D eigenvalue weighted by molar-refractivity contribution is 5.61. The Morgan fingerprint density at radius 2 is 2.25 bits per heavy atom. The van der Waals surface area contributed by atoms with Gasteiger partial charge in [0.2, 0.25) is 5.75 Å². The summed E-state index contributed by atoms with van der Waals surface area (Å²) in [5.41, 5.74) is 6.15. The summed E-state index contributed by atoms with van der Waals surface area (Å²) in [6.45, 7) is 5.44. The van der Waals surface area contributed by atoms with Crippen LogP contribution in [0.4, 0.5) is 11.6 Å². The lowest BCUT2D eigenvalue weighted by Crippen LogP contribution is -2.10. The molecule has 1 unspecified atom stereocenters. The SMILES string of the molecule is COc1c(N)ncnc1NCC1CC1(C)C. The first-order chi connectivity index (χ1) is 7.54. The van der Waals surface area contributed by atoms with Crippen molar-refractivity contribution < 1.29 is 4.74 Å². The Labute approximate surface area is 95.4 Å². The molecular formula is C11H18N4O. The molecule has 0 saturated heterocycles. The molecule has 5 heteroatoms. The van der Waals surface area contributed by atoms with Gasteiger partial charge in [-0.2, -0.15) is 0 Å².